The molecule has 1 aromatic carbocycles. The second-order valence-corrected chi connectivity index (χ2v) is 5.69. The molecule has 2 aliphatic rings. The number of carbonyl (C=O) groups is 1. The first kappa shape index (κ1) is 14.1. The molecule has 0 unspecified atom stereocenters. The molecule has 1 aromatic rings. The van der Waals surface area contributed by atoms with Crippen molar-refractivity contribution in [1.82, 2.24) is 9.80 Å². The first-order valence-corrected chi connectivity index (χ1v) is 7.30. The second-order valence-electron chi connectivity index (χ2n) is 5.69. The van der Waals surface area contributed by atoms with Gasteiger partial charge in [0.1, 0.15) is 0 Å². The molecule has 0 aromatic heterocycles. The standard InChI is InChI=1S/C16H19N3O2/c1-18-8-9-21-15-6-7-19(11-14(15)18)16(20)13-4-2-12(10-17)3-5-13/h2-5,14-15H,6-9,11H2,1H3/t14-,15-/m1/s1. The van der Waals surface area contributed by atoms with Crippen LogP contribution in [0.4, 0.5) is 0 Å². The monoisotopic (exact) mass is 285 g/mol. The van der Waals surface area contributed by atoms with Crippen molar-refractivity contribution in [2.24, 2.45) is 0 Å². The lowest BCUT2D eigenvalue weighted by Gasteiger charge is -2.45. The quantitative estimate of drug-likeness (QED) is 0.775. The van der Waals surface area contributed by atoms with Gasteiger partial charge in [-0.15, -0.1) is 0 Å². The molecule has 3 rings (SSSR count). The van der Waals surface area contributed by atoms with E-state index in [1.54, 1.807) is 24.3 Å². The average Bonchev–Trinajstić information content (AvgIpc) is 2.54. The zero-order chi connectivity index (χ0) is 14.8. The Hall–Kier alpha value is -1.90. The van der Waals surface area contributed by atoms with Crippen LogP contribution in [0.5, 0.6) is 0 Å². The van der Waals surface area contributed by atoms with Gasteiger partial charge in [0.05, 0.1) is 30.4 Å². The Balaban J connectivity index is 1.71. The zero-order valence-corrected chi connectivity index (χ0v) is 12.2. The number of nitrogens with zero attached hydrogens (tertiary/aromatic N) is 3. The normalized spacial score (nSPS) is 26.0. The van der Waals surface area contributed by atoms with Crippen molar-refractivity contribution in [3.63, 3.8) is 0 Å². The van der Waals surface area contributed by atoms with E-state index in [2.05, 4.69) is 18.0 Å². The fourth-order valence-corrected chi connectivity index (χ4v) is 3.10. The van der Waals surface area contributed by atoms with Crippen LogP contribution in [-0.2, 0) is 4.74 Å². The summed E-state index contributed by atoms with van der Waals surface area (Å²) in [4.78, 5) is 16.7. The summed E-state index contributed by atoms with van der Waals surface area (Å²) in [7, 11) is 2.09. The Kier molecular flexibility index (Phi) is 3.91. The SMILES string of the molecule is CN1CCO[C@@H]2CCN(C(=O)c3ccc(C#N)cc3)C[C@H]21. The molecule has 0 saturated carbocycles. The summed E-state index contributed by atoms with van der Waals surface area (Å²) in [6, 6.07) is 9.20. The van der Waals surface area contributed by atoms with Gasteiger partial charge in [0, 0.05) is 25.2 Å². The van der Waals surface area contributed by atoms with Crippen molar-refractivity contribution in [2.75, 3.05) is 33.3 Å². The van der Waals surface area contributed by atoms with Crippen LogP contribution in [0, 0.1) is 11.3 Å². The van der Waals surface area contributed by atoms with Crippen molar-refractivity contribution in [3.8, 4) is 6.07 Å². The highest BCUT2D eigenvalue weighted by molar-refractivity contribution is 5.94. The summed E-state index contributed by atoms with van der Waals surface area (Å²) in [6.07, 6.45) is 1.13. The lowest BCUT2D eigenvalue weighted by Crippen LogP contribution is -2.59. The van der Waals surface area contributed by atoms with Gasteiger partial charge in [-0.1, -0.05) is 0 Å². The van der Waals surface area contributed by atoms with Gasteiger partial charge in [0.15, 0.2) is 0 Å². The lowest BCUT2D eigenvalue weighted by molar-refractivity contribution is -0.0893. The van der Waals surface area contributed by atoms with Crippen LogP contribution >= 0.6 is 0 Å². The first-order chi connectivity index (χ1) is 10.2. The minimum absolute atomic E-state index is 0.0388. The van der Waals surface area contributed by atoms with Crippen LogP contribution in [0.1, 0.15) is 22.3 Å². The number of nitriles is 1. The Morgan fingerprint density at radius 2 is 2.10 bits per heavy atom. The number of rotatable bonds is 1. The van der Waals surface area contributed by atoms with Gasteiger partial charge in [0.25, 0.3) is 5.91 Å². The number of likely N-dealkylation sites (tertiary alicyclic amines) is 1. The molecule has 0 N–H and O–H groups in total. The topological polar surface area (TPSA) is 56.6 Å². The van der Waals surface area contributed by atoms with Gasteiger partial charge in [-0.2, -0.15) is 5.26 Å². The molecule has 21 heavy (non-hydrogen) atoms. The molecule has 0 spiro atoms. The number of carbonyl (C=O) groups excluding carboxylic acids is 1. The summed E-state index contributed by atoms with van der Waals surface area (Å²) in [6.45, 7) is 3.13. The van der Waals surface area contributed by atoms with Crippen LogP contribution in [-0.4, -0.2) is 61.1 Å². The highest BCUT2D eigenvalue weighted by atomic mass is 16.5. The highest BCUT2D eigenvalue weighted by Crippen LogP contribution is 2.23. The number of fused-ring (bicyclic) bond motifs is 1. The fourth-order valence-electron chi connectivity index (χ4n) is 3.10. The van der Waals surface area contributed by atoms with E-state index in [0.717, 1.165) is 26.1 Å². The average molecular weight is 285 g/mol. The third-order valence-electron chi connectivity index (χ3n) is 4.41. The molecule has 2 saturated heterocycles. The van der Waals surface area contributed by atoms with Crippen molar-refractivity contribution in [3.05, 3.63) is 35.4 Å². The summed E-state index contributed by atoms with van der Waals surface area (Å²) in [5.74, 6) is 0.0388. The Labute approximate surface area is 124 Å². The Morgan fingerprint density at radius 3 is 2.81 bits per heavy atom. The molecule has 0 bridgehead atoms. The van der Waals surface area contributed by atoms with Gasteiger partial charge >= 0.3 is 0 Å². The highest BCUT2D eigenvalue weighted by Gasteiger charge is 2.36. The number of hydrogen-bond donors (Lipinski definition) is 0. The van der Waals surface area contributed by atoms with Crippen LogP contribution in [0.2, 0.25) is 0 Å². The van der Waals surface area contributed by atoms with E-state index in [0.29, 0.717) is 17.7 Å². The molecular formula is C16H19N3O2. The largest absolute Gasteiger partial charge is 0.375 e. The van der Waals surface area contributed by atoms with Gasteiger partial charge in [-0.05, 0) is 37.7 Å². The smallest absolute Gasteiger partial charge is 0.253 e. The van der Waals surface area contributed by atoms with Crippen LogP contribution in [0.15, 0.2) is 24.3 Å². The summed E-state index contributed by atoms with van der Waals surface area (Å²) in [5, 5.41) is 8.81. The molecular weight excluding hydrogens is 266 g/mol. The van der Waals surface area contributed by atoms with E-state index in [4.69, 9.17) is 10.00 Å². The molecule has 0 aliphatic carbocycles. The van der Waals surface area contributed by atoms with Crippen LogP contribution in [0.25, 0.3) is 0 Å². The number of benzene rings is 1. The summed E-state index contributed by atoms with van der Waals surface area (Å²) < 4.78 is 5.80. The molecule has 2 heterocycles. The number of ether oxygens (including phenoxy) is 1. The number of amides is 1. The maximum absolute atomic E-state index is 12.6. The zero-order valence-electron chi connectivity index (χ0n) is 12.2. The van der Waals surface area contributed by atoms with Gasteiger partial charge in [-0.3, -0.25) is 9.69 Å². The van der Waals surface area contributed by atoms with E-state index < -0.39 is 0 Å². The van der Waals surface area contributed by atoms with Crippen molar-refractivity contribution in [1.29, 1.82) is 5.26 Å². The molecule has 2 atom stereocenters. The number of likely N-dealkylation sites (N-methyl/N-ethyl adjacent to an activating group) is 1. The number of piperidine rings is 1. The van der Waals surface area contributed by atoms with Gasteiger partial charge in [0.2, 0.25) is 0 Å². The lowest BCUT2D eigenvalue weighted by atomic mass is 9.98. The fraction of sp³-hybridized carbons (Fsp3) is 0.500. The first-order valence-electron chi connectivity index (χ1n) is 7.30. The third-order valence-corrected chi connectivity index (χ3v) is 4.41. The van der Waals surface area contributed by atoms with Crippen molar-refractivity contribution < 1.29 is 9.53 Å². The van der Waals surface area contributed by atoms with E-state index in [1.165, 1.54) is 0 Å². The molecule has 2 aliphatic heterocycles. The van der Waals surface area contributed by atoms with Gasteiger partial charge in [-0.25, -0.2) is 0 Å². The minimum atomic E-state index is 0.0388. The predicted molar refractivity (Wildman–Crippen MR) is 77.8 cm³/mol. The predicted octanol–water partition coefficient (Wildman–Crippen LogP) is 1.10. The maximum Gasteiger partial charge on any atom is 0.253 e. The maximum atomic E-state index is 12.6. The van der Waals surface area contributed by atoms with E-state index >= 15 is 0 Å². The third kappa shape index (κ3) is 2.78. The Morgan fingerprint density at radius 1 is 1.33 bits per heavy atom. The molecule has 5 heteroatoms. The summed E-state index contributed by atoms with van der Waals surface area (Å²) >= 11 is 0. The van der Waals surface area contributed by atoms with E-state index in [-0.39, 0.29) is 18.1 Å². The molecule has 1 amide bonds. The van der Waals surface area contributed by atoms with Crippen molar-refractivity contribution >= 4 is 5.91 Å². The van der Waals surface area contributed by atoms with E-state index in [1.807, 2.05) is 4.90 Å². The molecule has 2 fully saturated rings. The molecule has 5 nitrogen and oxygen atoms in total. The van der Waals surface area contributed by atoms with Gasteiger partial charge < -0.3 is 9.64 Å². The van der Waals surface area contributed by atoms with E-state index in [9.17, 15) is 4.79 Å². The van der Waals surface area contributed by atoms with Crippen molar-refractivity contribution in [2.45, 2.75) is 18.6 Å². The Bertz CT molecular complexity index is 564. The summed E-state index contributed by atoms with van der Waals surface area (Å²) in [5.41, 5.74) is 1.22. The number of morpholine rings is 1. The number of hydrogen-bond acceptors (Lipinski definition) is 4. The second kappa shape index (κ2) is 5.84. The van der Waals surface area contributed by atoms with Crippen LogP contribution in [0.3, 0.4) is 0 Å². The minimum Gasteiger partial charge on any atom is -0.375 e. The van der Waals surface area contributed by atoms with Crippen LogP contribution < -0.4 is 0 Å². The molecule has 0 radical (unpaired) electrons. The molecule has 110 valence electrons.